The normalized spacial score (nSPS) is 18.4. The standard InChI is InChI=1S/C16H17ClN4O/c1-21-9-3-6-14(21)12-4-2-5-13(19-12)16(22)20-15-8-7-11(17)10-18-15/h2,4-5,7-8,10,14H,3,6,9H2,1H3,(H,18,20,22)/t14-/m0/s1. The number of carbonyl (C=O) groups excluding carboxylic acids is 1. The molecule has 22 heavy (non-hydrogen) atoms. The number of nitrogens with one attached hydrogen (secondary N) is 1. The average molecular weight is 317 g/mol. The Morgan fingerprint density at radius 3 is 2.91 bits per heavy atom. The number of amides is 1. The van der Waals surface area contributed by atoms with Gasteiger partial charge in [-0.2, -0.15) is 0 Å². The molecule has 1 atom stereocenters. The van der Waals surface area contributed by atoms with E-state index in [4.69, 9.17) is 11.6 Å². The zero-order valence-corrected chi connectivity index (χ0v) is 13.0. The van der Waals surface area contributed by atoms with E-state index in [1.807, 2.05) is 12.1 Å². The molecule has 0 spiro atoms. The van der Waals surface area contributed by atoms with Crippen LogP contribution in [0, 0.1) is 0 Å². The lowest BCUT2D eigenvalue weighted by molar-refractivity contribution is 0.102. The molecule has 0 saturated carbocycles. The van der Waals surface area contributed by atoms with Gasteiger partial charge in [0, 0.05) is 6.20 Å². The van der Waals surface area contributed by atoms with Crippen molar-refractivity contribution < 1.29 is 4.79 Å². The highest BCUT2D eigenvalue weighted by Crippen LogP contribution is 2.29. The second kappa shape index (κ2) is 6.42. The van der Waals surface area contributed by atoms with Crippen LogP contribution in [0.5, 0.6) is 0 Å². The highest BCUT2D eigenvalue weighted by Gasteiger charge is 2.24. The molecular formula is C16H17ClN4O. The highest BCUT2D eigenvalue weighted by atomic mass is 35.5. The SMILES string of the molecule is CN1CCC[C@H]1c1cccc(C(=O)Nc2ccc(Cl)cn2)n1. The minimum atomic E-state index is -0.266. The lowest BCUT2D eigenvalue weighted by Gasteiger charge is -2.19. The fourth-order valence-electron chi connectivity index (χ4n) is 2.68. The summed E-state index contributed by atoms with van der Waals surface area (Å²) in [7, 11) is 2.09. The summed E-state index contributed by atoms with van der Waals surface area (Å²) >= 11 is 5.78. The number of rotatable bonds is 3. The minimum absolute atomic E-state index is 0.266. The Morgan fingerprint density at radius 1 is 1.36 bits per heavy atom. The predicted molar refractivity (Wildman–Crippen MR) is 86.0 cm³/mol. The Balaban J connectivity index is 1.76. The van der Waals surface area contributed by atoms with Crippen LogP contribution in [-0.2, 0) is 0 Å². The van der Waals surface area contributed by atoms with Gasteiger partial charge in [-0.15, -0.1) is 0 Å². The van der Waals surface area contributed by atoms with Gasteiger partial charge in [-0.25, -0.2) is 9.97 Å². The topological polar surface area (TPSA) is 58.1 Å². The summed E-state index contributed by atoms with van der Waals surface area (Å²) in [6.07, 6.45) is 3.73. The molecule has 1 aliphatic heterocycles. The van der Waals surface area contributed by atoms with Crippen LogP contribution in [-0.4, -0.2) is 34.4 Å². The zero-order valence-electron chi connectivity index (χ0n) is 12.3. The largest absolute Gasteiger partial charge is 0.305 e. The van der Waals surface area contributed by atoms with E-state index in [1.165, 1.54) is 6.20 Å². The maximum absolute atomic E-state index is 12.3. The number of halogens is 1. The molecule has 3 heterocycles. The van der Waals surface area contributed by atoms with Gasteiger partial charge in [0.2, 0.25) is 0 Å². The third kappa shape index (κ3) is 3.26. The van der Waals surface area contributed by atoms with E-state index in [2.05, 4.69) is 27.2 Å². The van der Waals surface area contributed by atoms with E-state index in [9.17, 15) is 4.79 Å². The minimum Gasteiger partial charge on any atom is -0.305 e. The number of anilines is 1. The Labute approximate surface area is 134 Å². The monoisotopic (exact) mass is 316 g/mol. The summed E-state index contributed by atoms with van der Waals surface area (Å²) in [5, 5.41) is 3.26. The number of hydrogen-bond acceptors (Lipinski definition) is 4. The van der Waals surface area contributed by atoms with E-state index >= 15 is 0 Å². The Bertz CT molecular complexity index is 674. The summed E-state index contributed by atoms with van der Waals surface area (Å²) < 4.78 is 0. The number of likely N-dealkylation sites (tertiary alicyclic amines) is 1. The molecule has 114 valence electrons. The van der Waals surface area contributed by atoms with Gasteiger partial charge in [0.15, 0.2) is 0 Å². The van der Waals surface area contributed by atoms with Crippen LogP contribution in [0.4, 0.5) is 5.82 Å². The van der Waals surface area contributed by atoms with Crippen molar-refractivity contribution in [1.29, 1.82) is 0 Å². The lowest BCUT2D eigenvalue weighted by Crippen LogP contribution is -2.20. The second-order valence-corrected chi connectivity index (χ2v) is 5.84. The maximum atomic E-state index is 12.3. The summed E-state index contributed by atoms with van der Waals surface area (Å²) in [4.78, 5) is 23.1. The molecule has 1 fully saturated rings. The fraction of sp³-hybridized carbons (Fsp3) is 0.312. The first kappa shape index (κ1) is 14.9. The second-order valence-electron chi connectivity index (χ2n) is 5.40. The van der Waals surface area contributed by atoms with Crippen molar-refractivity contribution in [1.82, 2.24) is 14.9 Å². The van der Waals surface area contributed by atoms with Crippen LogP contribution in [0.25, 0.3) is 0 Å². The maximum Gasteiger partial charge on any atom is 0.275 e. The van der Waals surface area contributed by atoms with Crippen LogP contribution in [0.2, 0.25) is 5.02 Å². The molecule has 3 rings (SSSR count). The van der Waals surface area contributed by atoms with Gasteiger partial charge in [-0.3, -0.25) is 9.69 Å². The highest BCUT2D eigenvalue weighted by molar-refractivity contribution is 6.30. The van der Waals surface area contributed by atoms with E-state index in [0.29, 0.717) is 22.6 Å². The molecule has 6 heteroatoms. The van der Waals surface area contributed by atoms with Crippen molar-refractivity contribution in [2.24, 2.45) is 0 Å². The van der Waals surface area contributed by atoms with Crippen LogP contribution in [0.1, 0.15) is 35.1 Å². The number of carbonyl (C=O) groups is 1. The fourth-order valence-corrected chi connectivity index (χ4v) is 2.79. The van der Waals surface area contributed by atoms with Gasteiger partial charge in [0.25, 0.3) is 5.91 Å². The number of pyridine rings is 2. The smallest absolute Gasteiger partial charge is 0.275 e. The van der Waals surface area contributed by atoms with Gasteiger partial charge >= 0.3 is 0 Å². The molecule has 0 bridgehead atoms. The van der Waals surface area contributed by atoms with E-state index in [0.717, 1.165) is 25.1 Å². The van der Waals surface area contributed by atoms with Gasteiger partial charge in [0.05, 0.1) is 16.8 Å². The molecule has 1 amide bonds. The van der Waals surface area contributed by atoms with Crippen molar-refractivity contribution in [2.45, 2.75) is 18.9 Å². The molecule has 2 aromatic rings. The summed E-state index contributed by atoms with van der Waals surface area (Å²) in [5.74, 6) is 0.192. The molecule has 0 unspecified atom stereocenters. The van der Waals surface area contributed by atoms with Gasteiger partial charge in [0.1, 0.15) is 11.5 Å². The summed E-state index contributed by atoms with van der Waals surface area (Å²) in [6.45, 7) is 1.07. The average Bonchev–Trinajstić information content (AvgIpc) is 2.96. The van der Waals surface area contributed by atoms with Gasteiger partial charge < -0.3 is 5.32 Å². The Hall–Kier alpha value is -1.98. The predicted octanol–water partition coefficient (Wildman–Crippen LogP) is 3.15. The van der Waals surface area contributed by atoms with Crippen molar-refractivity contribution in [2.75, 3.05) is 18.9 Å². The van der Waals surface area contributed by atoms with Crippen molar-refractivity contribution in [3.8, 4) is 0 Å². The molecule has 1 saturated heterocycles. The van der Waals surface area contributed by atoms with Crippen molar-refractivity contribution >= 4 is 23.3 Å². The summed E-state index contributed by atoms with van der Waals surface area (Å²) in [5.41, 5.74) is 1.34. The molecule has 1 aliphatic rings. The first-order valence-corrected chi connectivity index (χ1v) is 7.61. The molecule has 2 aromatic heterocycles. The first-order valence-electron chi connectivity index (χ1n) is 7.23. The summed E-state index contributed by atoms with van der Waals surface area (Å²) in [6, 6.07) is 9.20. The van der Waals surface area contributed by atoms with E-state index < -0.39 is 0 Å². The van der Waals surface area contributed by atoms with E-state index in [1.54, 1.807) is 18.2 Å². The first-order chi connectivity index (χ1) is 10.6. The lowest BCUT2D eigenvalue weighted by atomic mass is 10.1. The molecular weight excluding hydrogens is 300 g/mol. The van der Waals surface area contributed by atoms with Gasteiger partial charge in [-0.1, -0.05) is 17.7 Å². The third-order valence-electron chi connectivity index (χ3n) is 3.83. The molecule has 0 radical (unpaired) electrons. The quantitative estimate of drug-likeness (QED) is 0.945. The van der Waals surface area contributed by atoms with Crippen molar-refractivity contribution in [3.05, 3.63) is 52.9 Å². The van der Waals surface area contributed by atoms with E-state index in [-0.39, 0.29) is 5.91 Å². The number of nitrogens with zero attached hydrogens (tertiary/aromatic N) is 3. The number of hydrogen-bond donors (Lipinski definition) is 1. The van der Waals surface area contributed by atoms with Crippen LogP contribution >= 0.6 is 11.6 Å². The third-order valence-corrected chi connectivity index (χ3v) is 4.06. The van der Waals surface area contributed by atoms with Crippen LogP contribution in [0.15, 0.2) is 36.5 Å². The number of aromatic nitrogens is 2. The molecule has 5 nitrogen and oxygen atoms in total. The Morgan fingerprint density at radius 2 is 2.23 bits per heavy atom. The molecule has 1 N–H and O–H groups in total. The Kier molecular flexibility index (Phi) is 4.36. The van der Waals surface area contributed by atoms with Crippen LogP contribution < -0.4 is 5.32 Å². The van der Waals surface area contributed by atoms with Crippen LogP contribution in [0.3, 0.4) is 0 Å². The van der Waals surface area contributed by atoms with Gasteiger partial charge in [-0.05, 0) is 50.7 Å². The molecule has 0 aromatic carbocycles. The molecule has 0 aliphatic carbocycles. The van der Waals surface area contributed by atoms with Crippen molar-refractivity contribution in [3.63, 3.8) is 0 Å². The zero-order chi connectivity index (χ0) is 15.5.